The second-order valence-corrected chi connectivity index (χ2v) is 6.27. The van der Waals surface area contributed by atoms with Crippen LogP contribution in [0.2, 0.25) is 0 Å². The van der Waals surface area contributed by atoms with E-state index in [9.17, 15) is 0 Å². The fraction of sp³-hybridized carbons (Fsp3) is 0.647. The molecule has 0 saturated heterocycles. The number of hydrogen-bond donors (Lipinski definition) is 1. The van der Waals surface area contributed by atoms with Crippen molar-refractivity contribution in [1.82, 2.24) is 5.32 Å². The van der Waals surface area contributed by atoms with E-state index in [-0.39, 0.29) is 11.5 Å². The van der Waals surface area contributed by atoms with Gasteiger partial charge in [-0.2, -0.15) is 0 Å². The summed E-state index contributed by atoms with van der Waals surface area (Å²) in [5.74, 6) is 0. The summed E-state index contributed by atoms with van der Waals surface area (Å²) in [6, 6.07) is 9.14. The molecule has 0 fully saturated rings. The van der Waals surface area contributed by atoms with E-state index in [2.05, 4.69) is 64.2 Å². The van der Waals surface area contributed by atoms with Gasteiger partial charge in [0.25, 0.3) is 0 Å². The molecule has 0 radical (unpaired) electrons. The molecule has 0 aliphatic carbocycles. The van der Waals surface area contributed by atoms with Crippen LogP contribution in [0.5, 0.6) is 0 Å². The summed E-state index contributed by atoms with van der Waals surface area (Å²) < 4.78 is 5.83. The van der Waals surface area contributed by atoms with Gasteiger partial charge >= 0.3 is 0 Å². The lowest BCUT2D eigenvalue weighted by Crippen LogP contribution is -2.24. The Morgan fingerprint density at radius 2 is 1.74 bits per heavy atom. The minimum atomic E-state index is 0.209. The van der Waals surface area contributed by atoms with Crippen LogP contribution in [0, 0.1) is 0 Å². The average Bonchev–Trinajstić information content (AvgIpc) is 2.38. The second kappa shape index (κ2) is 7.06. The average molecular weight is 263 g/mol. The molecular formula is C17H29NO. The van der Waals surface area contributed by atoms with Crippen molar-refractivity contribution in [3.05, 3.63) is 35.4 Å². The first-order valence-corrected chi connectivity index (χ1v) is 7.27. The largest absolute Gasteiger partial charge is 0.377 e. The van der Waals surface area contributed by atoms with Gasteiger partial charge in [0.2, 0.25) is 0 Å². The van der Waals surface area contributed by atoms with E-state index in [1.807, 2.05) is 7.05 Å². The van der Waals surface area contributed by atoms with Crippen LogP contribution in [0.1, 0.15) is 58.2 Å². The molecule has 0 aliphatic heterocycles. The molecule has 2 nitrogen and oxygen atoms in total. The summed E-state index contributed by atoms with van der Waals surface area (Å²) >= 11 is 0. The van der Waals surface area contributed by atoms with E-state index in [1.165, 1.54) is 11.1 Å². The van der Waals surface area contributed by atoms with Crippen LogP contribution in [-0.4, -0.2) is 19.8 Å². The highest BCUT2D eigenvalue weighted by Gasteiger charge is 2.15. The number of hydrogen-bond acceptors (Lipinski definition) is 2. The lowest BCUT2D eigenvalue weighted by molar-refractivity contribution is 0.0487. The molecule has 19 heavy (non-hydrogen) atoms. The molecule has 0 amide bonds. The standard InChI is InChI=1S/C17H29NO/c1-7-13(2)19-12-16(18-6)14-8-10-15(11-9-14)17(3,4)5/h8-11,13,16,18H,7,12H2,1-6H3. The van der Waals surface area contributed by atoms with E-state index in [0.29, 0.717) is 6.10 Å². The van der Waals surface area contributed by atoms with Crippen molar-refractivity contribution in [3.8, 4) is 0 Å². The van der Waals surface area contributed by atoms with Gasteiger partial charge < -0.3 is 10.1 Å². The van der Waals surface area contributed by atoms with Crippen LogP contribution in [0.4, 0.5) is 0 Å². The number of nitrogens with one attached hydrogen (secondary N) is 1. The molecule has 2 unspecified atom stereocenters. The highest BCUT2D eigenvalue weighted by Crippen LogP contribution is 2.24. The normalized spacial score (nSPS) is 15.3. The summed E-state index contributed by atoms with van der Waals surface area (Å²) in [7, 11) is 1.99. The van der Waals surface area contributed by atoms with Crippen molar-refractivity contribution >= 4 is 0 Å². The van der Waals surface area contributed by atoms with Crippen molar-refractivity contribution in [2.75, 3.05) is 13.7 Å². The predicted octanol–water partition coefficient (Wildman–Crippen LogP) is 4.06. The molecular weight excluding hydrogens is 234 g/mol. The highest BCUT2D eigenvalue weighted by molar-refractivity contribution is 5.29. The molecule has 1 aromatic carbocycles. The molecule has 1 aromatic rings. The minimum absolute atomic E-state index is 0.209. The molecule has 1 N–H and O–H groups in total. The SMILES string of the molecule is CCC(C)OCC(NC)c1ccc(C(C)(C)C)cc1. The zero-order valence-corrected chi connectivity index (χ0v) is 13.3. The van der Waals surface area contributed by atoms with E-state index in [1.54, 1.807) is 0 Å². The Morgan fingerprint density at radius 3 is 2.16 bits per heavy atom. The van der Waals surface area contributed by atoms with Crippen molar-refractivity contribution in [3.63, 3.8) is 0 Å². The molecule has 2 heteroatoms. The molecule has 0 heterocycles. The number of rotatable bonds is 6. The van der Waals surface area contributed by atoms with Crippen LogP contribution in [0.15, 0.2) is 24.3 Å². The van der Waals surface area contributed by atoms with E-state index < -0.39 is 0 Å². The van der Waals surface area contributed by atoms with Gasteiger partial charge in [-0.15, -0.1) is 0 Å². The fourth-order valence-corrected chi connectivity index (χ4v) is 1.94. The Labute approximate surface area is 118 Å². The zero-order chi connectivity index (χ0) is 14.5. The van der Waals surface area contributed by atoms with E-state index in [0.717, 1.165) is 13.0 Å². The maximum atomic E-state index is 5.83. The predicted molar refractivity (Wildman–Crippen MR) is 82.6 cm³/mol. The van der Waals surface area contributed by atoms with Gasteiger partial charge in [-0.25, -0.2) is 0 Å². The minimum Gasteiger partial charge on any atom is -0.377 e. The van der Waals surface area contributed by atoms with Crippen molar-refractivity contribution in [1.29, 1.82) is 0 Å². The second-order valence-electron chi connectivity index (χ2n) is 6.27. The van der Waals surface area contributed by atoms with Gasteiger partial charge in [0, 0.05) is 0 Å². The quantitative estimate of drug-likeness (QED) is 0.835. The topological polar surface area (TPSA) is 21.3 Å². The number of likely N-dealkylation sites (N-methyl/N-ethyl adjacent to an activating group) is 1. The van der Waals surface area contributed by atoms with Gasteiger partial charge in [-0.3, -0.25) is 0 Å². The molecule has 0 spiro atoms. The zero-order valence-electron chi connectivity index (χ0n) is 13.3. The van der Waals surface area contributed by atoms with Crippen molar-refractivity contribution < 1.29 is 4.74 Å². The maximum absolute atomic E-state index is 5.83. The Bertz CT molecular complexity index is 364. The smallest absolute Gasteiger partial charge is 0.0664 e. The third-order valence-electron chi connectivity index (χ3n) is 3.65. The van der Waals surface area contributed by atoms with Crippen molar-refractivity contribution in [2.45, 2.75) is 58.6 Å². The summed E-state index contributed by atoms with van der Waals surface area (Å²) in [4.78, 5) is 0. The van der Waals surface area contributed by atoms with Gasteiger partial charge in [0.05, 0.1) is 18.8 Å². The summed E-state index contributed by atoms with van der Waals surface area (Å²) in [5.41, 5.74) is 2.87. The Balaban J connectivity index is 2.71. The van der Waals surface area contributed by atoms with Gasteiger partial charge in [-0.1, -0.05) is 52.0 Å². The third-order valence-corrected chi connectivity index (χ3v) is 3.65. The summed E-state index contributed by atoms with van der Waals surface area (Å²) in [5, 5.41) is 3.33. The molecule has 0 saturated carbocycles. The van der Waals surface area contributed by atoms with E-state index in [4.69, 9.17) is 4.74 Å². The van der Waals surface area contributed by atoms with Crippen LogP contribution in [-0.2, 0) is 10.2 Å². The van der Waals surface area contributed by atoms with Gasteiger partial charge in [0.15, 0.2) is 0 Å². The van der Waals surface area contributed by atoms with Crippen LogP contribution >= 0.6 is 0 Å². The first kappa shape index (κ1) is 16.2. The Kier molecular flexibility index (Phi) is 6.02. The first-order chi connectivity index (χ1) is 8.88. The summed E-state index contributed by atoms with van der Waals surface area (Å²) in [6.45, 7) is 11.7. The first-order valence-electron chi connectivity index (χ1n) is 7.27. The number of ether oxygens (including phenoxy) is 1. The maximum Gasteiger partial charge on any atom is 0.0664 e. The van der Waals surface area contributed by atoms with E-state index >= 15 is 0 Å². The van der Waals surface area contributed by atoms with Crippen LogP contribution < -0.4 is 5.32 Å². The van der Waals surface area contributed by atoms with Crippen LogP contribution in [0.25, 0.3) is 0 Å². The molecule has 2 atom stereocenters. The van der Waals surface area contributed by atoms with Crippen LogP contribution in [0.3, 0.4) is 0 Å². The Morgan fingerprint density at radius 1 is 1.16 bits per heavy atom. The fourth-order valence-electron chi connectivity index (χ4n) is 1.94. The third kappa shape index (κ3) is 4.96. The van der Waals surface area contributed by atoms with Crippen molar-refractivity contribution in [2.24, 2.45) is 0 Å². The highest BCUT2D eigenvalue weighted by atomic mass is 16.5. The number of benzene rings is 1. The lowest BCUT2D eigenvalue weighted by atomic mass is 9.86. The molecule has 108 valence electrons. The summed E-state index contributed by atoms with van der Waals surface area (Å²) in [6.07, 6.45) is 1.38. The lowest BCUT2D eigenvalue weighted by Gasteiger charge is -2.22. The van der Waals surface area contributed by atoms with Gasteiger partial charge in [-0.05, 0) is 36.9 Å². The molecule has 0 aromatic heterocycles. The molecule has 0 bridgehead atoms. The monoisotopic (exact) mass is 263 g/mol. The Hall–Kier alpha value is -0.860. The molecule has 0 aliphatic rings. The van der Waals surface area contributed by atoms with Gasteiger partial charge in [0.1, 0.15) is 0 Å². The molecule has 1 rings (SSSR count).